The summed E-state index contributed by atoms with van der Waals surface area (Å²) in [5.41, 5.74) is -3.98. The van der Waals surface area contributed by atoms with Crippen molar-refractivity contribution in [2.24, 2.45) is 0 Å². The van der Waals surface area contributed by atoms with E-state index in [9.17, 15) is 41.0 Å². The number of nitrogens with zero attached hydrogens (tertiary/aromatic N) is 1. The van der Waals surface area contributed by atoms with E-state index in [4.69, 9.17) is 0 Å². The molecule has 1 aromatic rings. The first-order valence-electron chi connectivity index (χ1n) is 7.80. The van der Waals surface area contributed by atoms with E-state index >= 15 is 0 Å². The molecule has 0 fully saturated rings. The summed E-state index contributed by atoms with van der Waals surface area (Å²) < 4.78 is 77.7. The van der Waals surface area contributed by atoms with Gasteiger partial charge in [-0.2, -0.15) is 13.2 Å². The van der Waals surface area contributed by atoms with Crippen molar-refractivity contribution in [3.63, 3.8) is 0 Å². The second kappa shape index (κ2) is 8.59. The van der Waals surface area contributed by atoms with Gasteiger partial charge in [0.2, 0.25) is 11.8 Å². The Bertz CT molecular complexity index is 706. The van der Waals surface area contributed by atoms with E-state index in [1.165, 1.54) is 0 Å². The first-order chi connectivity index (χ1) is 12.3. The smallest absolute Gasteiger partial charge is 0.380 e. The average Bonchev–Trinajstić information content (AvgIpc) is 2.53. The van der Waals surface area contributed by atoms with Crippen molar-refractivity contribution in [1.82, 2.24) is 4.90 Å². The molecule has 0 aliphatic rings. The van der Waals surface area contributed by atoms with Crippen molar-refractivity contribution >= 4 is 17.5 Å². The number of alkyl halides is 3. The predicted molar refractivity (Wildman–Crippen MR) is 83.1 cm³/mol. The minimum absolute atomic E-state index is 0.111. The molecule has 152 valence electrons. The molecule has 0 saturated heterocycles. The van der Waals surface area contributed by atoms with E-state index in [1.54, 1.807) is 6.92 Å². The number of carbonyl (C=O) groups excluding carboxylic acids is 2. The normalized spacial score (nSPS) is 13.8. The third-order valence-electron chi connectivity index (χ3n) is 3.60. The fourth-order valence-electron chi connectivity index (χ4n) is 2.05. The van der Waals surface area contributed by atoms with Gasteiger partial charge < -0.3 is 15.3 Å². The molecule has 0 bridgehead atoms. The highest BCUT2D eigenvalue weighted by molar-refractivity contribution is 5.94. The quantitative estimate of drug-likeness (QED) is 0.546. The Hall–Kier alpha value is -2.30. The number of amides is 2. The van der Waals surface area contributed by atoms with Crippen molar-refractivity contribution in [2.75, 3.05) is 18.4 Å². The molecule has 0 heterocycles. The Kier molecular flexibility index (Phi) is 7.24. The van der Waals surface area contributed by atoms with Gasteiger partial charge in [0.25, 0.3) is 0 Å². The van der Waals surface area contributed by atoms with Crippen LogP contribution in [0.5, 0.6) is 0 Å². The van der Waals surface area contributed by atoms with Gasteiger partial charge in [-0.3, -0.25) is 9.59 Å². The van der Waals surface area contributed by atoms with Gasteiger partial charge in [-0.1, -0.05) is 6.92 Å². The van der Waals surface area contributed by atoms with Crippen LogP contribution in [-0.4, -0.2) is 46.7 Å². The van der Waals surface area contributed by atoms with Gasteiger partial charge in [0.1, 0.15) is 0 Å². The zero-order valence-corrected chi connectivity index (χ0v) is 14.5. The molecule has 2 amide bonds. The maximum absolute atomic E-state index is 13.6. The molecule has 0 aliphatic heterocycles. The van der Waals surface area contributed by atoms with Crippen molar-refractivity contribution in [3.05, 3.63) is 29.6 Å². The van der Waals surface area contributed by atoms with Crippen molar-refractivity contribution < 1.29 is 41.0 Å². The van der Waals surface area contributed by atoms with Crippen LogP contribution in [0.25, 0.3) is 0 Å². The van der Waals surface area contributed by atoms with E-state index in [-0.39, 0.29) is 13.0 Å². The van der Waals surface area contributed by atoms with Crippen LogP contribution in [0, 0.1) is 17.5 Å². The van der Waals surface area contributed by atoms with Gasteiger partial charge in [-0.25, -0.2) is 13.2 Å². The van der Waals surface area contributed by atoms with E-state index in [0.29, 0.717) is 13.0 Å². The summed E-state index contributed by atoms with van der Waals surface area (Å²) in [5, 5.41) is 11.3. The summed E-state index contributed by atoms with van der Waals surface area (Å²) in [6.07, 6.45) is -6.09. The van der Waals surface area contributed by atoms with Gasteiger partial charge in [0.15, 0.2) is 23.1 Å². The molecule has 2 N–H and O–H groups in total. The van der Waals surface area contributed by atoms with Gasteiger partial charge in [-0.15, -0.1) is 0 Å². The Morgan fingerprint density at radius 2 is 1.74 bits per heavy atom. The van der Waals surface area contributed by atoms with E-state index in [1.807, 2.05) is 5.32 Å². The van der Waals surface area contributed by atoms with Gasteiger partial charge in [0, 0.05) is 6.54 Å². The molecular weight excluding hydrogens is 382 g/mol. The minimum Gasteiger partial charge on any atom is -0.380 e. The fraction of sp³-hybridized carbons (Fsp3) is 0.500. The molecule has 0 spiro atoms. The maximum Gasteiger partial charge on any atom is 0.417 e. The molecule has 1 rings (SSSR count). The Balaban J connectivity index is 2.86. The van der Waals surface area contributed by atoms with Crippen molar-refractivity contribution in [2.45, 2.75) is 38.5 Å². The number of halogens is 6. The lowest BCUT2D eigenvalue weighted by Gasteiger charge is -2.29. The number of rotatable bonds is 7. The molecule has 11 heteroatoms. The highest BCUT2D eigenvalue weighted by atomic mass is 19.4. The Morgan fingerprint density at radius 1 is 1.15 bits per heavy atom. The second-order valence-corrected chi connectivity index (χ2v) is 6.03. The average molecular weight is 400 g/mol. The van der Waals surface area contributed by atoms with Crippen LogP contribution in [0.3, 0.4) is 0 Å². The molecular formula is C16H18F6N2O3. The van der Waals surface area contributed by atoms with E-state index in [0.717, 1.165) is 11.0 Å². The van der Waals surface area contributed by atoms with Crippen LogP contribution in [0.2, 0.25) is 0 Å². The molecule has 0 saturated carbocycles. The van der Waals surface area contributed by atoms with Crippen LogP contribution in [0.4, 0.5) is 32.0 Å². The maximum atomic E-state index is 13.6. The van der Waals surface area contributed by atoms with Crippen LogP contribution < -0.4 is 5.32 Å². The number of hydrogen-bond acceptors (Lipinski definition) is 3. The number of anilines is 1. The number of nitrogens with one attached hydrogen (secondary N) is 1. The van der Waals surface area contributed by atoms with Crippen LogP contribution in [0.15, 0.2) is 12.1 Å². The van der Waals surface area contributed by atoms with E-state index in [2.05, 4.69) is 0 Å². The standard InChI is InChI=1S/C16H18F6N2O3/c1-3-6-24(12(26)7-15(2,27)16(20,21)22)8-11(25)23-10-5-4-9(17)13(18)14(10)19/h4-5,27H,3,6-8H2,1-2H3,(H,23,25). The molecule has 1 atom stereocenters. The van der Waals surface area contributed by atoms with Gasteiger partial charge in [0.05, 0.1) is 18.7 Å². The van der Waals surface area contributed by atoms with Gasteiger partial charge in [-0.05, 0) is 25.5 Å². The highest BCUT2D eigenvalue weighted by Crippen LogP contribution is 2.33. The van der Waals surface area contributed by atoms with Gasteiger partial charge >= 0.3 is 6.18 Å². The largest absolute Gasteiger partial charge is 0.417 e. The summed E-state index contributed by atoms with van der Waals surface area (Å²) in [6.45, 7) is 1.14. The first kappa shape index (κ1) is 22.7. The highest BCUT2D eigenvalue weighted by Gasteiger charge is 2.51. The van der Waals surface area contributed by atoms with E-state index < -0.39 is 59.7 Å². The summed E-state index contributed by atoms with van der Waals surface area (Å²) in [7, 11) is 0. The summed E-state index contributed by atoms with van der Waals surface area (Å²) in [4.78, 5) is 24.7. The SMILES string of the molecule is CCCN(CC(=O)Nc1ccc(F)c(F)c1F)C(=O)CC(C)(O)C(F)(F)F. The summed E-state index contributed by atoms with van der Waals surface area (Å²) >= 11 is 0. The molecule has 5 nitrogen and oxygen atoms in total. The number of benzene rings is 1. The minimum atomic E-state index is -5.06. The fourth-order valence-corrected chi connectivity index (χ4v) is 2.05. The second-order valence-electron chi connectivity index (χ2n) is 6.03. The predicted octanol–water partition coefficient (Wildman–Crippen LogP) is 2.98. The third-order valence-corrected chi connectivity index (χ3v) is 3.60. The molecule has 0 radical (unpaired) electrons. The van der Waals surface area contributed by atoms with Crippen molar-refractivity contribution in [3.8, 4) is 0 Å². The van der Waals surface area contributed by atoms with Crippen LogP contribution >= 0.6 is 0 Å². The topological polar surface area (TPSA) is 69.6 Å². The van der Waals surface area contributed by atoms with Crippen LogP contribution in [0.1, 0.15) is 26.7 Å². The lowest BCUT2D eigenvalue weighted by Crippen LogP contribution is -2.48. The molecule has 1 unspecified atom stereocenters. The lowest BCUT2D eigenvalue weighted by molar-refractivity contribution is -0.254. The first-order valence-corrected chi connectivity index (χ1v) is 7.80. The number of hydrogen-bond donors (Lipinski definition) is 2. The third kappa shape index (κ3) is 5.84. The summed E-state index contributed by atoms with van der Waals surface area (Å²) in [5.74, 6) is -7.12. The molecule has 0 aromatic heterocycles. The Labute approximate surface area is 151 Å². The lowest BCUT2D eigenvalue weighted by atomic mass is 10.0. The number of carbonyl (C=O) groups is 2. The molecule has 0 aliphatic carbocycles. The Morgan fingerprint density at radius 3 is 2.26 bits per heavy atom. The van der Waals surface area contributed by atoms with Crippen LogP contribution in [-0.2, 0) is 9.59 Å². The zero-order valence-electron chi connectivity index (χ0n) is 14.5. The van der Waals surface area contributed by atoms with Crippen molar-refractivity contribution in [1.29, 1.82) is 0 Å². The summed E-state index contributed by atoms with van der Waals surface area (Å²) in [6, 6.07) is 1.33. The number of aliphatic hydroxyl groups is 1. The zero-order chi connectivity index (χ0) is 21.0. The molecule has 27 heavy (non-hydrogen) atoms. The molecule has 1 aromatic carbocycles. The monoisotopic (exact) mass is 400 g/mol.